The van der Waals surface area contributed by atoms with Crippen LogP contribution in [0.1, 0.15) is 31.7 Å². The number of nitro benzene ring substituents is 1. The second-order valence-corrected chi connectivity index (χ2v) is 7.65. The molecule has 0 aromatic heterocycles. The molecule has 0 N–H and O–H groups in total. The van der Waals surface area contributed by atoms with E-state index in [4.69, 9.17) is 18.5 Å². The molecule has 0 saturated heterocycles. The number of benzene rings is 1. The van der Waals surface area contributed by atoms with Crippen molar-refractivity contribution in [1.82, 2.24) is 0 Å². The fourth-order valence-corrected chi connectivity index (χ4v) is 4.54. The molecular formula is C16H22NO7P. The quantitative estimate of drug-likeness (QED) is 0.403. The van der Waals surface area contributed by atoms with E-state index < -0.39 is 18.8 Å². The number of nitrogens with zero attached hydrogens (tertiary/aromatic N) is 1. The van der Waals surface area contributed by atoms with Crippen molar-refractivity contribution < 1.29 is 28.0 Å². The van der Waals surface area contributed by atoms with Crippen LogP contribution in [0, 0.1) is 10.1 Å². The summed E-state index contributed by atoms with van der Waals surface area (Å²) in [5.74, 6) is 0.0527. The van der Waals surface area contributed by atoms with E-state index in [1.807, 2.05) is 6.92 Å². The topological polar surface area (TPSA) is 97.1 Å². The fraction of sp³-hybridized carbons (Fsp3) is 0.500. The first-order chi connectivity index (χ1) is 11.9. The maximum absolute atomic E-state index is 13.0. The molecule has 1 aromatic rings. The number of hydrogen-bond acceptors (Lipinski definition) is 7. The molecule has 0 bridgehead atoms. The van der Waals surface area contributed by atoms with E-state index in [0.29, 0.717) is 24.1 Å². The Morgan fingerprint density at radius 1 is 1.28 bits per heavy atom. The van der Waals surface area contributed by atoms with Gasteiger partial charge in [0.2, 0.25) is 0 Å². The average Bonchev–Trinajstić information content (AvgIpc) is 2.61. The monoisotopic (exact) mass is 371 g/mol. The molecule has 0 spiro atoms. The van der Waals surface area contributed by atoms with Gasteiger partial charge in [0.1, 0.15) is 5.76 Å². The molecule has 138 valence electrons. The average molecular weight is 371 g/mol. The van der Waals surface area contributed by atoms with Crippen LogP contribution in [0.15, 0.2) is 35.3 Å². The van der Waals surface area contributed by atoms with Crippen LogP contribution < -0.4 is 0 Å². The highest BCUT2D eigenvalue weighted by molar-refractivity contribution is 7.58. The van der Waals surface area contributed by atoms with E-state index >= 15 is 0 Å². The maximum atomic E-state index is 13.0. The van der Waals surface area contributed by atoms with Crippen molar-refractivity contribution in [3.8, 4) is 0 Å². The van der Waals surface area contributed by atoms with Crippen LogP contribution in [-0.2, 0) is 23.1 Å². The highest BCUT2D eigenvalue weighted by atomic mass is 31.2. The number of non-ortho nitro benzene ring substituents is 1. The van der Waals surface area contributed by atoms with Crippen LogP contribution in [0.25, 0.3) is 0 Å². The molecule has 2 atom stereocenters. The van der Waals surface area contributed by atoms with Gasteiger partial charge in [0, 0.05) is 45.3 Å². The van der Waals surface area contributed by atoms with Crippen LogP contribution in [0.2, 0.25) is 0 Å². The summed E-state index contributed by atoms with van der Waals surface area (Å²) in [6.45, 7) is 4.00. The summed E-state index contributed by atoms with van der Waals surface area (Å²) in [5, 5.41) is 11.3. The van der Waals surface area contributed by atoms with Gasteiger partial charge in [0.15, 0.2) is 6.29 Å². The first-order valence-electron chi connectivity index (χ1n) is 7.81. The Balaban J connectivity index is 2.50. The van der Waals surface area contributed by atoms with Gasteiger partial charge in [-0.15, -0.1) is 0 Å². The molecule has 1 aliphatic heterocycles. The van der Waals surface area contributed by atoms with Crippen LogP contribution in [0.5, 0.6) is 0 Å². The molecule has 2 rings (SSSR count). The lowest BCUT2D eigenvalue weighted by molar-refractivity contribution is -0.384. The van der Waals surface area contributed by atoms with Gasteiger partial charge < -0.3 is 18.5 Å². The van der Waals surface area contributed by atoms with E-state index in [2.05, 4.69) is 0 Å². The molecule has 25 heavy (non-hydrogen) atoms. The van der Waals surface area contributed by atoms with Crippen molar-refractivity contribution in [1.29, 1.82) is 0 Å². The summed E-state index contributed by atoms with van der Waals surface area (Å²) in [5.41, 5.74) is 0.739. The highest BCUT2D eigenvalue weighted by Crippen LogP contribution is 2.63. The predicted molar refractivity (Wildman–Crippen MR) is 91.3 cm³/mol. The zero-order valence-corrected chi connectivity index (χ0v) is 15.5. The summed E-state index contributed by atoms with van der Waals surface area (Å²) in [7, 11) is -0.922. The van der Waals surface area contributed by atoms with Gasteiger partial charge >= 0.3 is 7.60 Å². The molecule has 2 unspecified atom stereocenters. The normalized spacial score (nSPS) is 21.1. The van der Waals surface area contributed by atoms with Crippen molar-refractivity contribution in [2.24, 2.45) is 0 Å². The zero-order chi connectivity index (χ0) is 18.6. The minimum Gasteiger partial charge on any atom is -0.469 e. The molecule has 0 aliphatic carbocycles. The molecule has 1 aromatic carbocycles. The predicted octanol–water partition coefficient (Wildman–Crippen LogP) is 4.18. The van der Waals surface area contributed by atoms with Crippen molar-refractivity contribution in [2.45, 2.75) is 32.5 Å². The maximum Gasteiger partial charge on any atom is 0.360 e. The Morgan fingerprint density at radius 3 is 2.36 bits per heavy atom. The zero-order valence-electron chi connectivity index (χ0n) is 14.6. The van der Waals surface area contributed by atoms with Gasteiger partial charge in [0.25, 0.3) is 5.69 Å². The number of hydrogen-bond donors (Lipinski definition) is 0. The molecule has 0 fully saturated rings. The molecule has 1 aliphatic rings. The second kappa shape index (κ2) is 8.10. The van der Waals surface area contributed by atoms with E-state index in [-0.39, 0.29) is 11.6 Å². The largest absolute Gasteiger partial charge is 0.469 e. The van der Waals surface area contributed by atoms with E-state index in [9.17, 15) is 14.7 Å². The lowest BCUT2D eigenvalue weighted by Gasteiger charge is -2.35. The molecule has 8 nitrogen and oxygen atoms in total. The van der Waals surface area contributed by atoms with E-state index in [1.54, 1.807) is 19.1 Å². The lowest BCUT2D eigenvalue weighted by Crippen LogP contribution is -2.27. The van der Waals surface area contributed by atoms with Crippen LogP contribution in [0.4, 0.5) is 5.69 Å². The molecule has 0 amide bonds. The number of nitro groups is 1. The van der Waals surface area contributed by atoms with Gasteiger partial charge in [-0.1, -0.05) is 12.1 Å². The summed E-state index contributed by atoms with van der Waals surface area (Å²) >= 11 is 0. The molecule has 0 radical (unpaired) electrons. The number of ether oxygens (including phenoxy) is 2. The standard InChI is InChI=1S/C16H22NO7P/c1-5-23-15-10-14(12-6-8-13(9-7-12)17(18)19)16(11(2)24-15)25(20,21-3)22-4/h6-9,14-15H,5,10H2,1-4H3. The summed E-state index contributed by atoms with van der Waals surface area (Å²) in [4.78, 5) is 10.4. The van der Waals surface area contributed by atoms with Crippen LogP contribution >= 0.6 is 7.60 Å². The minimum absolute atomic E-state index is 0.0129. The van der Waals surface area contributed by atoms with Gasteiger partial charge in [0.05, 0.1) is 10.2 Å². The third kappa shape index (κ3) is 4.10. The minimum atomic E-state index is -3.55. The second-order valence-electron chi connectivity index (χ2n) is 5.44. The van der Waals surface area contributed by atoms with Crippen molar-refractivity contribution in [2.75, 3.05) is 20.8 Å². The molecule has 0 saturated carbocycles. The van der Waals surface area contributed by atoms with Gasteiger partial charge in [-0.3, -0.25) is 14.7 Å². The fourth-order valence-electron chi connectivity index (χ4n) is 2.92. The first kappa shape index (κ1) is 19.6. The van der Waals surface area contributed by atoms with E-state index in [0.717, 1.165) is 5.56 Å². The Labute approximate surface area is 146 Å². The summed E-state index contributed by atoms with van der Waals surface area (Å²) in [6.07, 6.45) is -0.106. The van der Waals surface area contributed by atoms with Gasteiger partial charge in [-0.2, -0.15) is 0 Å². The lowest BCUT2D eigenvalue weighted by atomic mass is 9.92. The molecule has 1 heterocycles. The van der Waals surface area contributed by atoms with Gasteiger partial charge in [-0.05, 0) is 19.4 Å². The number of rotatable bonds is 7. The van der Waals surface area contributed by atoms with Crippen molar-refractivity contribution >= 4 is 13.3 Å². The SMILES string of the molecule is CCOC1CC(c2ccc([N+](=O)[O-])cc2)C(P(=O)(OC)OC)=C(C)O1. The van der Waals surface area contributed by atoms with Crippen LogP contribution in [-0.4, -0.2) is 32.0 Å². The Bertz CT molecular complexity index is 693. The first-order valence-corrected chi connectivity index (χ1v) is 9.36. The number of allylic oxidation sites excluding steroid dienone is 2. The van der Waals surface area contributed by atoms with E-state index in [1.165, 1.54) is 26.4 Å². The Morgan fingerprint density at radius 2 is 1.88 bits per heavy atom. The molecule has 9 heteroatoms. The smallest absolute Gasteiger partial charge is 0.360 e. The third-order valence-electron chi connectivity index (χ3n) is 4.06. The Kier molecular flexibility index (Phi) is 6.35. The van der Waals surface area contributed by atoms with Crippen molar-refractivity contribution in [3.05, 3.63) is 51.0 Å². The summed E-state index contributed by atoms with van der Waals surface area (Å²) < 4.78 is 34.6. The van der Waals surface area contributed by atoms with Gasteiger partial charge in [-0.25, -0.2) is 0 Å². The van der Waals surface area contributed by atoms with Crippen molar-refractivity contribution in [3.63, 3.8) is 0 Å². The summed E-state index contributed by atoms with van der Waals surface area (Å²) in [6, 6.07) is 6.11. The Hall–Kier alpha value is -1.73. The third-order valence-corrected chi connectivity index (χ3v) is 6.24. The molecular weight excluding hydrogens is 349 g/mol. The van der Waals surface area contributed by atoms with Crippen LogP contribution in [0.3, 0.4) is 0 Å². The highest BCUT2D eigenvalue weighted by Gasteiger charge is 2.42.